The number of hydrogen-bond acceptors (Lipinski definition) is 2. The van der Waals surface area contributed by atoms with Crippen LogP contribution in [0.4, 0.5) is 0 Å². The molecule has 4 heteroatoms. The van der Waals surface area contributed by atoms with Crippen LogP contribution in [0, 0.1) is 19.8 Å². The SMILES string of the molecule is Cc1cc(C)cc(CCC(=O)N[C@@H]2CC[C@H](C(=O)O)C2)c1. The predicted octanol–water partition coefficient (Wildman–Crippen LogP) is 2.61. The zero-order valence-electron chi connectivity index (χ0n) is 12.7. The molecule has 0 heterocycles. The zero-order valence-corrected chi connectivity index (χ0v) is 12.7. The van der Waals surface area contributed by atoms with Crippen molar-refractivity contribution in [1.29, 1.82) is 0 Å². The van der Waals surface area contributed by atoms with Crippen LogP contribution in [0.2, 0.25) is 0 Å². The van der Waals surface area contributed by atoms with Gasteiger partial charge in [0.25, 0.3) is 0 Å². The van der Waals surface area contributed by atoms with E-state index in [0.29, 0.717) is 19.3 Å². The van der Waals surface area contributed by atoms with Gasteiger partial charge < -0.3 is 10.4 Å². The molecule has 2 rings (SSSR count). The number of carbonyl (C=O) groups excluding carboxylic acids is 1. The van der Waals surface area contributed by atoms with Gasteiger partial charge in [-0.1, -0.05) is 29.3 Å². The van der Waals surface area contributed by atoms with Crippen molar-refractivity contribution in [2.45, 2.75) is 52.0 Å². The number of amides is 1. The third-order valence-electron chi connectivity index (χ3n) is 4.07. The van der Waals surface area contributed by atoms with E-state index in [-0.39, 0.29) is 17.9 Å². The summed E-state index contributed by atoms with van der Waals surface area (Å²) < 4.78 is 0. The molecule has 114 valence electrons. The number of benzene rings is 1. The summed E-state index contributed by atoms with van der Waals surface area (Å²) in [7, 11) is 0. The van der Waals surface area contributed by atoms with Gasteiger partial charge in [0.1, 0.15) is 0 Å². The zero-order chi connectivity index (χ0) is 15.4. The average molecular weight is 289 g/mol. The van der Waals surface area contributed by atoms with Gasteiger partial charge in [-0.15, -0.1) is 0 Å². The fourth-order valence-electron chi connectivity index (χ4n) is 3.11. The third-order valence-corrected chi connectivity index (χ3v) is 4.07. The van der Waals surface area contributed by atoms with Crippen molar-refractivity contribution in [3.8, 4) is 0 Å². The van der Waals surface area contributed by atoms with Crippen LogP contribution in [-0.4, -0.2) is 23.0 Å². The van der Waals surface area contributed by atoms with E-state index in [4.69, 9.17) is 5.11 Å². The molecule has 2 N–H and O–H groups in total. The van der Waals surface area contributed by atoms with Gasteiger partial charge in [-0.2, -0.15) is 0 Å². The van der Waals surface area contributed by atoms with E-state index in [1.54, 1.807) is 0 Å². The molecule has 0 radical (unpaired) electrons. The summed E-state index contributed by atoms with van der Waals surface area (Å²) in [6.07, 6.45) is 3.18. The van der Waals surface area contributed by atoms with Gasteiger partial charge in [0, 0.05) is 12.5 Å². The fourth-order valence-corrected chi connectivity index (χ4v) is 3.11. The Balaban J connectivity index is 1.79. The molecule has 1 aromatic carbocycles. The lowest BCUT2D eigenvalue weighted by molar-refractivity contribution is -0.141. The van der Waals surface area contributed by atoms with Crippen LogP contribution in [0.1, 0.15) is 42.4 Å². The molecule has 1 aliphatic carbocycles. The molecule has 1 aromatic rings. The highest BCUT2D eigenvalue weighted by Crippen LogP contribution is 2.25. The second kappa shape index (κ2) is 6.74. The van der Waals surface area contributed by atoms with E-state index in [1.807, 2.05) is 0 Å². The smallest absolute Gasteiger partial charge is 0.306 e. The monoisotopic (exact) mass is 289 g/mol. The summed E-state index contributed by atoms with van der Waals surface area (Å²) in [6, 6.07) is 6.36. The average Bonchev–Trinajstić information content (AvgIpc) is 2.84. The minimum atomic E-state index is -0.748. The van der Waals surface area contributed by atoms with Crippen molar-refractivity contribution in [3.63, 3.8) is 0 Å². The van der Waals surface area contributed by atoms with E-state index >= 15 is 0 Å². The first-order chi connectivity index (χ1) is 9.94. The second-order valence-corrected chi connectivity index (χ2v) is 6.11. The minimum Gasteiger partial charge on any atom is -0.481 e. The van der Waals surface area contributed by atoms with Crippen LogP contribution in [0.15, 0.2) is 18.2 Å². The van der Waals surface area contributed by atoms with Crippen LogP contribution >= 0.6 is 0 Å². The van der Waals surface area contributed by atoms with E-state index in [1.165, 1.54) is 16.7 Å². The molecule has 1 fully saturated rings. The molecular formula is C17H23NO3. The lowest BCUT2D eigenvalue weighted by Crippen LogP contribution is -2.33. The fraction of sp³-hybridized carbons (Fsp3) is 0.529. The highest BCUT2D eigenvalue weighted by atomic mass is 16.4. The predicted molar refractivity (Wildman–Crippen MR) is 81.1 cm³/mol. The molecule has 21 heavy (non-hydrogen) atoms. The van der Waals surface area contributed by atoms with E-state index in [2.05, 4.69) is 37.4 Å². The van der Waals surface area contributed by atoms with Crippen LogP contribution in [0.5, 0.6) is 0 Å². The minimum absolute atomic E-state index is 0.0187. The van der Waals surface area contributed by atoms with Gasteiger partial charge in [-0.3, -0.25) is 9.59 Å². The quantitative estimate of drug-likeness (QED) is 0.875. The molecule has 0 aliphatic heterocycles. The molecule has 1 saturated carbocycles. The number of aliphatic carboxylic acids is 1. The Bertz CT molecular complexity index is 519. The molecule has 1 aliphatic rings. The van der Waals surface area contributed by atoms with Crippen LogP contribution < -0.4 is 5.32 Å². The first-order valence-corrected chi connectivity index (χ1v) is 7.53. The number of hydrogen-bond donors (Lipinski definition) is 2. The van der Waals surface area contributed by atoms with Crippen LogP contribution in [0.25, 0.3) is 0 Å². The Morgan fingerprint density at radius 3 is 2.43 bits per heavy atom. The molecule has 0 bridgehead atoms. The second-order valence-electron chi connectivity index (χ2n) is 6.11. The Morgan fingerprint density at radius 1 is 1.19 bits per heavy atom. The number of rotatable bonds is 5. The maximum Gasteiger partial charge on any atom is 0.306 e. The summed E-state index contributed by atoms with van der Waals surface area (Å²) in [5, 5.41) is 11.9. The highest BCUT2D eigenvalue weighted by molar-refractivity contribution is 5.77. The number of nitrogens with one attached hydrogen (secondary N) is 1. The number of carboxylic acid groups (broad SMARTS) is 1. The van der Waals surface area contributed by atoms with E-state index in [0.717, 1.165) is 12.8 Å². The van der Waals surface area contributed by atoms with Gasteiger partial charge >= 0.3 is 5.97 Å². The highest BCUT2D eigenvalue weighted by Gasteiger charge is 2.30. The summed E-state index contributed by atoms with van der Waals surface area (Å²) in [5.41, 5.74) is 3.61. The Hall–Kier alpha value is -1.84. The lowest BCUT2D eigenvalue weighted by atomic mass is 10.0. The van der Waals surface area contributed by atoms with Gasteiger partial charge in [0.05, 0.1) is 5.92 Å². The molecule has 1 amide bonds. The Kier molecular flexibility index (Phi) is 4.99. The molecule has 0 unspecified atom stereocenters. The van der Waals surface area contributed by atoms with Gasteiger partial charge in [0.15, 0.2) is 0 Å². The molecule has 0 saturated heterocycles. The first kappa shape index (κ1) is 15.5. The first-order valence-electron chi connectivity index (χ1n) is 7.53. The maximum absolute atomic E-state index is 12.0. The number of aryl methyl sites for hydroxylation is 3. The van der Waals surface area contributed by atoms with Crippen molar-refractivity contribution in [2.24, 2.45) is 5.92 Å². The van der Waals surface area contributed by atoms with Gasteiger partial charge in [-0.25, -0.2) is 0 Å². The van der Waals surface area contributed by atoms with Crippen molar-refractivity contribution in [3.05, 3.63) is 34.9 Å². The molecule has 0 aromatic heterocycles. The summed E-state index contributed by atoms with van der Waals surface area (Å²) in [5.74, 6) is -1.03. The normalized spacial score (nSPS) is 21.2. The van der Waals surface area contributed by atoms with Crippen LogP contribution in [0.3, 0.4) is 0 Å². The summed E-state index contributed by atoms with van der Waals surface area (Å²) >= 11 is 0. The van der Waals surface area contributed by atoms with Crippen molar-refractivity contribution >= 4 is 11.9 Å². The van der Waals surface area contributed by atoms with Crippen LogP contribution in [-0.2, 0) is 16.0 Å². The largest absolute Gasteiger partial charge is 0.481 e. The van der Waals surface area contributed by atoms with Gasteiger partial charge in [0.2, 0.25) is 5.91 Å². The molecule has 4 nitrogen and oxygen atoms in total. The van der Waals surface area contributed by atoms with Gasteiger partial charge in [-0.05, 0) is 45.1 Å². The Labute approximate surface area is 125 Å². The maximum atomic E-state index is 12.0. The standard InChI is InChI=1S/C17H23NO3/c1-11-7-12(2)9-13(8-11)3-6-16(19)18-15-5-4-14(10-15)17(20)21/h7-9,14-15H,3-6,10H2,1-2H3,(H,18,19)(H,20,21)/t14-,15+/m0/s1. The number of carbonyl (C=O) groups is 2. The summed E-state index contributed by atoms with van der Waals surface area (Å²) in [6.45, 7) is 4.11. The lowest BCUT2D eigenvalue weighted by Gasteiger charge is -2.12. The van der Waals surface area contributed by atoms with Crippen molar-refractivity contribution < 1.29 is 14.7 Å². The summed E-state index contributed by atoms with van der Waals surface area (Å²) in [4.78, 5) is 22.9. The molecule has 0 spiro atoms. The molecular weight excluding hydrogens is 266 g/mol. The van der Waals surface area contributed by atoms with E-state index in [9.17, 15) is 9.59 Å². The number of carboxylic acids is 1. The third kappa shape index (κ3) is 4.59. The van der Waals surface area contributed by atoms with Crippen molar-refractivity contribution in [2.75, 3.05) is 0 Å². The molecule has 2 atom stereocenters. The van der Waals surface area contributed by atoms with Crippen molar-refractivity contribution in [1.82, 2.24) is 5.32 Å². The Morgan fingerprint density at radius 2 is 1.86 bits per heavy atom. The van der Waals surface area contributed by atoms with E-state index < -0.39 is 5.97 Å². The topological polar surface area (TPSA) is 66.4 Å².